The monoisotopic (exact) mass is 317 g/mol. The molecular formula is C13H17BrClNO. The highest BCUT2D eigenvalue weighted by Gasteiger charge is 2.21. The average molecular weight is 319 g/mol. The van der Waals surface area contributed by atoms with Crippen molar-refractivity contribution in [1.82, 2.24) is 5.32 Å². The van der Waals surface area contributed by atoms with E-state index < -0.39 is 0 Å². The summed E-state index contributed by atoms with van der Waals surface area (Å²) < 4.78 is 6.59. The molecule has 0 spiro atoms. The summed E-state index contributed by atoms with van der Waals surface area (Å²) in [5.74, 6) is 0. The van der Waals surface area contributed by atoms with Crippen molar-refractivity contribution in [3.05, 3.63) is 33.3 Å². The van der Waals surface area contributed by atoms with E-state index in [2.05, 4.69) is 34.2 Å². The van der Waals surface area contributed by atoms with Gasteiger partial charge in [0.25, 0.3) is 0 Å². The molecule has 1 heterocycles. The van der Waals surface area contributed by atoms with Gasteiger partial charge in [0.05, 0.1) is 11.1 Å². The fourth-order valence-electron chi connectivity index (χ4n) is 2.06. The lowest BCUT2D eigenvalue weighted by molar-refractivity contribution is 0.0832. The van der Waals surface area contributed by atoms with Gasteiger partial charge in [0.1, 0.15) is 0 Å². The van der Waals surface area contributed by atoms with Gasteiger partial charge in [-0.3, -0.25) is 0 Å². The first-order valence-electron chi connectivity index (χ1n) is 5.96. The Bertz CT molecular complexity index is 380. The number of hydrogen-bond donors (Lipinski definition) is 1. The zero-order chi connectivity index (χ0) is 12.3. The van der Waals surface area contributed by atoms with Crippen LogP contribution in [0.15, 0.2) is 22.7 Å². The lowest BCUT2D eigenvalue weighted by Crippen LogP contribution is -2.36. The molecule has 94 valence electrons. The van der Waals surface area contributed by atoms with Gasteiger partial charge >= 0.3 is 0 Å². The molecule has 1 aromatic rings. The maximum Gasteiger partial charge on any atom is 0.0726 e. The van der Waals surface area contributed by atoms with Crippen LogP contribution in [0.25, 0.3) is 0 Å². The first-order chi connectivity index (χ1) is 8.16. The summed E-state index contributed by atoms with van der Waals surface area (Å²) >= 11 is 9.45. The molecule has 0 aliphatic carbocycles. The van der Waals surface area contributed by atoms with E-state index in [1.807, 2.05) is 12.1 Å². The van der Waals surface area contributed by atoms with Gasteiger partial charge in [0.15, 0.2) is 0 Å². The van der Waals surface area contributed by atoms with Gasteiger partial charge < -0.3 is 10.1 Å². The minimum Gasteiger partial charge on any atom is -0.377 e. The van der Waals surface area contributed by atoms with Crippen molar-refractivity contribution in [2.45, 2.75) is 38.5 Å². The quantitative estimate of drug-likeness (QED) is 0.912. The predicted octanol–water partition coefficient (Wildman–Crippen LogP) is 3.76. The molecule has 1 saturated heterocycles. The third kappa shape index (κ3) is 3.68. The van der Waals surface area contributed by atoms with Gasteiger partial charge in [-0.05, 0) is 53.4 Å². The Kier molecular flexibility index (Phi) is 4.86. The SMILES string of the molecule is CC(NCc1ccc(Br)c(Cl)c1)C1CCCO1. The molecule has 2 unspecified atom stereocenters. The summed E-state index contributed by atoms with van der Waals surface area (Å²) in [4.78, 5) is 0. The van der Waals surface area contributed by atoms with Crippen LogP contribution >= 0.6 is 27.5 Å². The summed E-state index contributed by atoms with van der Waals surface area (Å²) in [6.45, 7) is 3.91. The topological polar surface area (TPSA) is 21.3 Å². The molecule has 0 amide bonds. The van der Waals surface area contributed by atoms with Crippen LogP contribution in [0.3, 0.4) is 0 Å². The molecule has 2 nitrogen and oxygen atoms in total. The Hall–Kier alpha value is -0.0900. The molecule has 1 fully saturated rings. The van der Waals surface area contributed by atoms with E-state index >= 15 is 0 Å². The van der Waals surface area contributed by atoms with Gasteiger partial charge in [-0.25, -0.2) is 0 Å². The Morgan fingerprint density at radius 2 is 2.41 bits per heavy atom. The van der Waals surface area contributed by atoms with Crippen molar-refractivity contribution in [1.29, 1.82) is 0 Å². The smallest absolute Gasteiger partial charge is 0.0726 e. The standard InChI is InChI=1S/C13H17BrClNO/c1-9(13-3-2-6-17-13)16-8-10-4-5-11(14)12(15)7-10/h4-5,7,9,13,16H,2-3,6,8H2,1H3. The van der Waals surface area contributed by atoms with Crippen LogP contribution in [0.4, 0.5) is 0 Å². The number of halogens is 2. The largest absolute Gasteiger partial charge is 0.377 e. The molecule has 4 heteroatoms. The Morgan fingerprint density at radius 1 is 1.59 bits per heavy atom. The molecule has 1 aliphatic rings. The first kappa shape index (κ1) is 13.3. The molecule has 0 saturated carbocycles. The number of hydrogen-bond acceptors (Lipinski definition) is 2. The predicted molar refractivity (Wildman–Crippen MR) is 74.4 cm³/mol. The highest BCUT2D eigenvalue weighted by molar-refractivity contribution is 9.10. The molecule has 2 atom stereocenters. The van der Waals surface area contributed by atoms with Crippen molar-refractivity contribution in [3.63, 3.8) is 0 Å². The highest BCUT2D eigenvalue weighted by atomic mass is 79.9. The van der Waals surface area contributed by atoms with Crippen LogP contribution in [0.5, 0.6) is 0 Å². The third-order valence-corrected chi connectivity index (χ3v) is 4.37. The van der Waals surface area contributed by atoms with Crippen LogP contribution in [-0.2, 0) is 11.3 Å². The molecule has 1 aliphatic heterocycles. The Labute approximate surface area is 116 Å². The van der Waals surface area contributed by atoms with Crippen molar-refractivity contribution in [2.24, 2.45) is 0 Å². The van der Waals surface area contributed by atoms with E-state index in [1.54, 1.807) is 0 Å². The summed E-state index contributed by atoms with van der Waals surface area (Å²) in [5.41, 5.74) is 1.20. The third-order valence-electron chi connectivity index (χ3n) is 3.13. The van der Waals surface area contributed by atoms with Crippen molar-refractivity contribution in [2.75, 3.05) is 6.61 Å². The summed E-state index contributed by atoms with van der Waals surface area (Å²) in [5, 5.41) is 4.25. The molecule has 0 aromatic heterocycles. The van der Waals surface area contributed by atoms with E-state index in [-0.39, 0.29) is 0 Å². The fourth-order valence-corrected chi connectivity index (χ4v) is 2.51. The maximum atomic E-state index is 6.06. The van der Waals surface area contributed by atoms with Crippen LogP contribution in [0.1, 0.15) is 25.3 Å². The number of rotatable bonds is 4. The lowest BCUT2D eigenvalue weighted by Gasteiger charge is -2.20. The van der Waals surface area contributed by atoms with Crippen LogP contribution in [0.2, 0.25) is 5.02 Å². The maximum absolute atomic E-state index is 6.06. The minimum atomic E-state index is 0.362. The second kappa shape index (κ2) is 6.19. The normalized spacial score (nSPS) is 21.7. The lowest BCUT2D eigenvalue weighted by atomic mass is 10.1. The van der Waals surface area contributed by atoms with Gasteiger partial charge in [0.2, 0.25) is 0 Å². The fraction of sp³-hybridized carbons (Fsp3) is 0.538. The van der Waals surface area contributed by atoms with Crippen LogP contribution < -0.4 is 5.32 Å². The highest BCUT2D eigenvalue weighted by Crippen LogP contribution is 2.23. The average Bonchev–Trinajstić information content (AvgIpc) is 2.84. The Balaban J connectivity index is 1.86. The van der Waals surface area contributed by atoms with Gasteiger partial charge in [-0.15, -0.1) is 0 Å². The summed E-state index contributed by atoms with van der Waals surface area (Å²) in [7, 11) is 0. The molecule has 2 rings (SSSR count). The number of ether oxygens (including phenoxy) is 1. The van der Waals surface area contributed by atoms with Crippen molar-refractivity contribution in [3.8, 4) is 0 Å². The summed E-state index contributed by atoms with van der Waals surface area (Å²) in [6.07, 6.45) is 2.71. The van der Waals surface area contributed by atoms with E-state index in [1.165, 1.54) is 12.0 Å². The van der Waals surface area contributed by atoms with Crippen molar-refractivity contribution < 1.29 is 4.74 Å². The summed E-state index contributed by atoms with van der Waals surface area (Å²) in [6, 6.07) is 6.43. The van der Waals surface area contributed by atoms with E-state index in [0.717, 1.165) is 29.1 Å². The second-order valence-electron chi connectivity index (χ2n) is 4.47. The number of benzene rings is 1. The molecule has 0 bridgehead atoms. The van der Waals surface area contributed by atoms with Crippen molar-refractivity contribution >= 4 is 27.5 Å². The Morgan fingerprint density at radius 3 is 3.06 bits per heavy atom. The van der Waals surface area contributed by atoms with E-state index in [4.69, 9.17) is 16.3 Å². The molecule has 17 heavy (non-hydrogen) atoms. The van der Waals surface area contributed by atoms with Crippen LogP contribution in [0, 0.1) is 0 Å². The van der Waals surface area contributed by atoms with Crippen LogP contribution in [-0.4, -0.2) is 18.8 Å². The molecule has 1 aromatic carbocycles. The minimum absolute atomic E-state index is 0.362. The number of nitrogens with one attached hydrogen (secondary N) is 1. The van der Waals surface area contributed by atoms with Gasteiger partial charge in [-0.1, -0.05) is 17.7 Å². The molecular weight excluding hydrogens is 302 g/mol. The van der Waals surface area contributed by atoms with Gasteiger partial charge in [-0.2, -0.15) is 0 Å². The first-order valence-corrected chi connectivity index (χ1v) is 7.13. The zero-order valence-electron chi connectivity index (χ0n) is 9.88. The second-order valence-corrected chi connectivity index (χ2v) is 5.73. The van der Waals surface area contributed by atoms with E-state index in [9.17, 15) is 0 Å². The molecule has 1 N–H and O–H groups in total. The van der Waals surface area contributed by atoms with Gasteiger partial charge in [0, 0.05) is 23.7 Å². The zero-order valence-corrected chi connectivity index (χ0v) is 12.2. The van der Waals surface area contributed by atoms with E-state index in [0.29, 0.717) is 12.1 Å². The molecule has 0 radical (unpaired) electrons.